The first-order chi connectivity index (χ1) is 22.3. The minimum absolute atomic E-state index is 0.428. The molecule has 1 fully saturated rings. The van der Waals surface area contributed by atoms with Crippen LogP contribution >= 0.6 is 0 Å². The molecule has 5 aromatic carbocycles. The number of furan rings is 1. The lowest BCUT2D eigenvalue weighted by Crippen LogP contribution is -2.30. The van der Waals surface area contributed by atoms with Crippen molar-refractivity contribution in [3.05, 3.63) is 127 Å². The third-order valence-electron chi connectivity index (χ3n) is 9.61. The fourth-order valence-corrected chi connectivity index (χ4v) is 7.55. The molecule has 218 valence electrons. The van der Waals surface area contributed by atoms with Gasteiger partial charge in [-0.1, -0.05) is 98.1 Å². The van der Waals surface area contributed by atoms with Crippen LogP contribution in [-0.2, 0) is 0 Å². The molecular formula is C40H32N4O. The van der Waals surface area contributed by atoms with Crippen LogP contribution in [0.2, 0.25) is 0 Å². The minimum Gasteiger partial charge on any atom is -0.456 e. The number of hydrogen-bond donors (Lipinski definition) is 0. The van der Waals surface area contributed by atoms with Crippen LogP contribution in [0.15, 0.2) is 126 Å². The zero-order valence-electron chi connectivity index (χ0n) is 24.9. The molecule has 1 aliphatic carbocycles. The first kappa shape index (κ1) is 26.1. The summed E-state index contributed by atoms with van der Waals surface area (Å²) in [5.41, 5.74) is 8.60. The molecule has 0 N–H and O–H groups in total. The van der Waals surface area contributed by atoms with Gasteiger partial charge in [0.2, 0.25) is 0 Å². The van der Waals surface area contributed by atoms with Gasteiger partial charge in [0.25, 0.3) is 0 Å². The average molecular weight is 585 g/mol. The molecular weight excluding hydrogens is 552 g/mol. The number of aromatic nitrogens is 3. The van der Waals surface area contributed by atoms with Gasteiger partial charge in [-0.05, 0) is 60.9 Å². The maximum Gasteiger partial charge on any atom is 0.166 e. The standard InChI is InChI=1S/C40H32N4O/c1-3-13-26(14-4-1)38-41-39(27-23-24-37-32(25-27)30-17-9-12-22-36(30)45-37)43-40(42-38)31-18-8-11-21-35(31)44-33-19-6-2-5-15-28(33)29-16-7-10-20-34(29)44/h1,3-4,7-14,16-18,20-25,28,33H,2,5-6,15,19H2. The normalized spacial score (nSPS) is 17.7. The Morgan fingerprint density at radius 3 is 2.13 bits per heavy atom. The topological polar surface area (TPSA) is 55.1 Å². The van der Waals surface area contributed by atoms with Crippen LogP contribution < -0.4 is 4.90 Å². The van der Waals surface area contributed by atoms with Crippen LogP contribution in [0.1, 0.15) is 43.6 Å². The third-order valence-corrected chi connectivity index (χ3v) is 9.61. The number of anilines is 2. The van der Waals surface area contributed by atoms with Crippen molar-refractivity contribution in [2.45, 2.75) is 44.1 Å². The highest BCUT2D eigenvalue weighted by Crippen LogP contribution is 2.51. The first-order valence-corrected chi connectivity index (χ1v) is 16.0. The molecule has 2 aliphatic rings. The van der Waals surface area contributed by atoms with Gasteiger partial charge in [-0.15, -0.1) is 0 Å². The molecule has 2 aromatic heterocycles. The number of hydrogen-bond acceptors (Lipinski definition) is 5. The number of fused-ring (bicyclic) bond motifs is 6. The molecule has 45 heavy (non-hydrogen) atoms. The molecule has 0 bridgehead atoms. The molecule has 1 aliphatic heterocycles. The molecule has 3 heterocycles. The lowest BCUT2D eigenvalue weighted by atomic mass is 9.91. The fraction of sp³-hybridized carbons (Fsp3) is 0.175. The Labute approximate surface area is 262 Å². The zero-order valence-corrected chi connectivity index (χ0v) is 24.9. The summed E-state index contributed by atoms with van der Waals surface area (Å²) in [6.45, 7) is 0. The van der Waals surface area contributed by atoms with Crippen molar-refractivity contribution in [2.75, 3.05) is 4.90 Å². The van der Waals surface area contributed by atoms with E-state index in [1.54, 1.807) is 0 Å². The van der Waals surface area contributed by atoms with Gasteiger partial charge in [0.1, 0.15) is 11.2 Å². The molecule has 0 amide bonds. The van der Waals surface area contributed by atoms with Crippen molar-refractivity contribution in [3.8, 4) is 34.2 Å². The smallest absolute Gasteiger partial charge is 0.166 e. The summed E-state index contributed by atoms with van der Waals surface area (Å²) in [5, 5.41) is 2.14. The van der Waals surface area contributed by atoms with Crippen LogP contribution in [0, 0.1) is 0 Å². The summed E-state index contributed by atoms with van der Waals surface area (Å²) in [4.78, 5) is 18.0. The summed E-state index contributed by atoms with van der Waals surface area (Å²) >= 11 is 0. The quantitative estimate of drug-likeness (QED) is 0.206. The minimum atomic E-state index is 0.428. The summed E-state index contributed by atoms with van der Waals surface area (Å²) in [6, 6.07) is 42.7. The average Bonchev–Trinajstić information content (AvgIpc) is 3.52. The van der Waals surface area contributed by atoms with Gasteiger partial charge < -0.3 is 9.32 Å². The number of rotatable bonds is 4. The van der Waals surface area contributed by atoms with E-state index < -0.39 is 0 Å². The maximum atomic E-state index is 6.12. The molecule has 0 radical (unpaired) electrons. The highest BCUT2D eigenvalue weighted by atomic mass is 16.3. The Morgan fingerprint density at radius 2 is 1.22 bits per heavy atom. The van der Waals surface area contributed by atoms with Gasteiger partial charge in [-0.25, -0.2) is 15.0 Å². The van der Waals surface area contributed by atoms with Crippen molar-refractivity contribution in [2.24, 2.45) is 0 Å². The van der Waals surface area contributed by atoms with Crippen LogP contribution in [0.5, 0.6) is 0 Å². The Hall–Kier alpha value is -5.29. The molecule has 9 rings (SSSR count). The molecule has 7 aromatic rings. The third kappa shape index (κ3) is 4.41. The van der Waals surface area contributed by atoms with E-state index >= 15 is 0 Å². The summed E-state index contributed by atoms with van der Waals surface area (Å²) in [5.74, 6) is 2.54. The summed E-state index contributed by atoms with van der Waals surface area (Å²) in [7, 11) is 0. The second kappa shape index (κ2) is 10.7. The lowest BCUT2D eigenvalue weighted by molar-refractivity contribution is 0.529. The van der Waals surface area contributed by atoms with E-state index in [0.29, 0.717) is 29.4 Å². The van der Waals surface area contributed by atoms with Crippen molar-refractivity contribution >= 4 is 33.3 Å². The predicted octanol–water partition coefficient (Wildman–Crippen LogP) is 10.3. The zero-order chi connectivity index (χ0) is 29.7. The van der Waals surface area contributed by atoms with Gasteiger partial charge in [-0.3, -0.25) is 0 Å². The van der Waals surface area contributed by atoms with Gasteiger partial charge in [0.05, 0.1) is 5.69 Å². The Morgan fingerprint density at radius 1 is 0.533 bits per heavy atom. The Bertz CT molecular complexity index is 2190. The van der Waals surface area contributed by atoms with E-state index in [-0.39, 0.29) is 0 Å². The molecule has 2 atom stereocenters. The largest absolute Gasteiger partial charge is 0.456 e. The van der Waals surface area contributed by atoms with Crippen LogP contribution in [0.3, 0.4) is 0 Å². The van der Waals surface area contributed by atoms with Crippen molar-refractivity contribution in [3.63, 3.8) is 0 Å². The van der Waals surface area contributed by atoms with Crippen LogP contribution in [-0.4, -0.2) is 21.0 Å². The molecule has 1 saturated carbocycles. The second-order valence-electron chi connectivity index (χ2n) is 12.2. The van der Waals surface area contributed by atoms with E-state index in [2.05, 4.69) is 83.8 Å². The first-order valence-electron chi connectivity index (χ1n) is 16.0. The van der Waals surface area contributed by atoms with Crippen LogP contribution in [0.25, 0.3) is 56.1 Å². The number of nitrogens with zero attached hydrogens (tertiary/aromatic N) is 4. The number of para-hydroxylation sites is 3. The maximum absolute atomic E-state index is 6.12. The Balaban J connectivity index is 1.24. The molecule has 0 saturated heterocycles. The van der Waals surface area contributed by atoms with E-state index in [9.17, 15) is 0 Å². The molecule has 5 heteroatoms. The molecule has 2 unspecified atom stereocenters. The predicted molar refractivity (Wildman–Crippen MR) is 182 cm³/mol. The second-order valence-corrected chi connectivity index (χ2v) is 12.2. The lowest BCUT2D eigenvalue weighted by Gasteiger charge is -2.31. The monoisotopic (exact) mass is 584 g/mol. The SMILES string of the molecule is c1ccc(-c2nc(-c3ccc4oc5ccccc5c4c3)nc(-c3ccccc3N3c4ccccc4C4CCCCCC43)n2)cc1. The summed E-state index contributed by atoms with van der Waals surface area (Å²) in [6.07, 6.45) is 6.27. The van der Waals surface area contributed by atoms with Gasteiger partial charge in [0.15, 0.2) is 17.5 Å². The van der Waals surface area contributed by atoms with Crippen molar-refractivity contribution in [1.82, 2.24) is 15.0 Å². The highest BCUT2D eigenvalue weighted by Gasteiger charge is 2.40. The van der Waals surface area contributed by atoms with E-state index in [0.717, 1.165) is 44.3 Å². The van der Waals surface area contributed by atoms with Crippen molar-refractivity contribution < 1.29 is 4.42 Å². The summed E-state index contributed by atoms with van der Waals surface area (Å²) < 4.78 is 6.12. The molecule has 5 nitrogen and oxygen atoms in total. The number of benzene rings is 5. The Kier molecular flexibility index (Phi) is 6.22. The van der Waals surface area contributed by atoms with Crippen molar-refractivity contribution in [1.29, 1.82) is 0 Å². The van der Waals surface area contributed by atoms with Gasteiger partial charge in [-0.2, -0.15) is 0 Å². The van der Waals surface area contributed by atoms with E-state index in [1.807, 2.05) is 42.5 Å². The van der Waals surface area contributed by atoms with Gasteiger partial charge in [0, 0.05) is 45.1 Å². The van der Waals surface area contributed by atoms with Gasteiger partial charge >= 0.3 is 0 Å². The van der Waals surface area contributed by atoms with E-state index in [4.69, 9.17) is 19.4 Å². The fourth-order valence-electron chi connectivity index (χ4n) is 7.55. The van der Waals surface area contributed by atoms with Crippen LogP contribution in [0.4, 0.5) is 11.4 Å². The van der Waals surface area contributed by atoms with E-state index in [1.165, 1.54) is 43.4 Å². The molecule has 0 spiro atoms. The highest BCUT2D eigenvalue weighted by molar-refractivity contribution is 6.06.